The number of fused-ring (bicyclic) bond motifs is 2. The summed E-state index contributed by atoms with van der Waals surface area (Å²) >= 11 is 0. The molecule has 2 bridgehead atoms. The van der Waals surface area contributed by atoms with Crippen LogP contribution in [0.3, 0.4) is 0 Å². The predicted octanol–water partition coefficient (Wildman–Crippen LogP) is 2.81. The van der Waals surface area contributed by atoms with E-state index in [-0.39, 0.29) is 24.3 Å². The molecule has 124 valence electrons. The van der Waals surface area contributed by atoms with Gasteiger partial charge >= 0.3 is 5.97 Å². The SMILES string of the molecule is O=C(COC(=O)C[C@@H]1C[C@H]2CC[C@@H]1C2)NCc1ccc(F)cc1. The first kappa shape index (κ1) is 16.0. The van der Waals surface area contributed by atoms with Gasteiger partial charge in [0, 0.05) is 13.0 Å². The maximum atomic E-state index is 12.8. The van der Waals surface area contributed by atoms with Crippen LogP contribution in [-0.4, -0.2) is 18.5 Å². The number of rotatable bonds is 6. The minimum Gasteiger partial charge on any atom is -0.456 e. The fraction of sp³-hybridized carbons (Fsp3) is 0.556. The number of hydrogen-bond acceptors (Lipinski definition) is 3. The molecule has 1 aromatic rings. The molecule has 0 spiro atoms. The highest BCUT2D eigenvalue weighted by Crippen LogP contribution is 2.49. The quantitative estimate of drug-likeness (QED) is 0.820. The molecule has 3 atom stereocenters. The van der Waals surface area contributed by atoms with Gasteiger partial charge in [0.05, 0.1) is 0 Å². The van der Waals surface area contributed by atoms with Crippen molar-refractivity contribution < 1.29 is 18.7 Å². The Morgan fingerprint density at radius 2 is 1.96 bits per heavy atom. The Morgan fingerprint density at radius 3 is 2.61 bits per heavy atom. The summed E-state index contributed by atoms with van der Waals surface area (Å²) in [5.74, 6) is 1.00. The van der Waals surface area contributed by atoms with Crippen LogP contribution >= 0.6 is 0 Å². The molecule has 2 aliphatic rings. The minimum atomic E-state index is -0.337. The van der Waals surface area contributed by atoms with Gasteiger partial charge in [0.2, 0.25) is 0 Å². The van der Waals surface area contributed by atoms with Crippen LogP contribution in [0.2, 0.25) is 0 Å². The summed E-state index contributed by atoms with van der Waals surface area (Å²) in [5.41, 5.74) is 0.799. The zero-order chi connectivity index (χ0) is 16.2. The summed E-state index contributed by atoms with van der Waals surface area (Å²) in [5, 5.41) is 2.66. The molecular weight excluding hydrogens is 297 g/mol. The summed E-state index contributed by atoms with van der Waals surface area (Å²) in [4.78, 5) is 23.5. The van der Waals surface area contributed by atoms with Crippen LogP contribution in [0.1, 0.15) is 37.7 Å². The highest BCUT2D eigenvalue weighted by Gasteiger charge is 2.40. The number of ether oxygens (including phenoxy) is 1. The van der Waals surface area contributed by atoms with Crippen LogP contribution in [0.25, 0.3) is 0 Å². The minimum absolute atomic E-state index is 0.249. The lowest BCUT2D eigenvalue weighted by Gasteiger charge is -2.20. The van der Waals surface area contributed by atoms with Gasteiger partial charge in [0.25, 0.3) is 5.91 Å². The first-order valence-corrected chi connectivity index (χ1v) is 8.27. The second-order valence-electron chi connectivity index (χ2n) is 6.70. The summed E-state index contributed by atoms with van der Waals surface area (Å²) in [6, 6.07) is 5.90. The molecule has 0 radical (unpaired) electrons. The highest BCUT2D eigenvalue weighted by atomic mass is 19.1. The largest absolute Gasteiger partial charge is 0.456 e. The Kier molecular flexibility index (Phi) is 4.94. The van der Waals surface area contributed by atoms with Crippen LogP contribution in [0.5, 0.6) is 0 Å². The molecule has 5 heteroatoms. The predicted molar refractivity (Wildman–Crippen MR) is 82.8 cm³/mol. The molecule has 0 aromatic heterocycles. The van der Waals surface area contributed by atoms with Gasteiger partial charge in [-0.1, -0.05) is 18.6 Å². The van der Waals surface area contributed by atoms with E-state index in [4.69, 9.17) is 4.74 Å². The first-order chi connectivity index (χ1) is 11.1. The summed E-state index contributed by atoms with van der Waals surface area (Å²) in [6.45, 7) is 0.0455. The lowest BCUT2D eigenvalue weighted by atomic mass is 9.86. The molecule has 0 heterocycles. The Bertz CT molecular complexity index is 572. The highest BCUT2D eigenvalue weighted by molar-refractivity contribution is 5.80. The van der Waals surface area contributed by atoms with E-state index >= 15 is 0 Å². The van der Waals surface area contributed by atoms with Gasteiger partial charge in [0.1, 0.15) is 5.82 Å². The summed E-state index contributed by atoms with van der Waals surface area (Å²) in [7, 11) is 0. The molecular formula is C18H22FNO3. The number of carbonyl (C=O) groups is 2. The average Bonchev–Trinajstić information content (AvgIpc) is 3.15. The first-order valence-electron chi connectivity index (χ1n) is 8.27. The monoisotopic (exact) mass is 319 g/mol. The Balaban J connectivity index is 1.34. The standard InChI is InChI=1S/C18H22FNO3/c19-16-5-2-12(3-6-16)10-20-17(21)11-23-18(22)9-15-8-13-1-4-14(15)7-13/h2-3,5-6,13-15H,1,4,7-11H2,(H,20,21)/t13-,14+,15-/m0/s1. The molecule has 0 saturated heterocycles. The van der Waals surface area contributed by atoms with Gasteiger partial charge in [-0.05, 0) is 54.7 Å². The summed E-state index contributed by atoms with van der Waals surface area (Å²) < 4.78 is 17.8. The fourth-order valence-electron chi connectivity index (χ4n) is 3.90. The maximum absolute atomic E-state index is 12.8. The molecule has 0 aliphatic heterocycles. The van der Waals surface area contributed by atoms with Crippen molar-refractivity contribution in [3.05, 3.63) is 35.6 Å². The van der Waals surface area contributed by atoms with Crippen LogP contribution < -0.4 is 5.32 Å². The normalized spacial score (nSPS) is 25.3. The van der Waals surface area contributed by atoms with Crippen LogP contribution in [0.15, 0.2) is 24.3 Å². The molecule has 3 rings (SSSR count). The summed E-state index contributed by atoms with van der Waals surface area (Å²) in [6.07, 6.45) is 5.38. The fourth-order valence-corrected chi connectivity index (χ4v) is 3.90. The third-order valence-electron chi connectivity index (χ3n) is 5.08. The van der Waals surface area contributed by atoms with E-state index in [1.54, 1.807) is 12.1 Å². The number of benzene rings is 1. The molecule has 2 aliphatic carbocycles. The number of nitrogens with one attached hydrogen (secondary N) is 1. The molecule has 2 saturated carbocycles. The molecule has 1 amide bonds. The average molecular weight is 319 g/mol. The molecule has 4 nitrogen and oxygen atoms in total. The van der Waals surface area contributed by atoms with E-state index < -0.39 is 0 Å². The van der Waals surface area contributed by atoms with Crippen molar-refractivity contribution in [3.8, 4) is 0 Å². The Labute approximate surface area is 135 Å². The number of esters is 1. The van der Waals surface area contributed by atoms with E-state index in [2.05, 4.69) is 5.32 Å². The third kappa shape index (κ3) is 4.30. The van der Waals surface area contributed by atoms with Gasteiger partial charge < -0.3 is 10.1 Å². The number of amides is 1. The molecule has 23 heavy (non-hydrogen) atoms. The second-order valence-corrected chi connectivity index (χ2v) is 6.70. The van der Waals surface area contributed by atoms with Gasteiger partial charge in [0.15, 0.2) is 6.61 Å². The van der Waals surface area contributed by atoms with E-state index in [0.717, 1.165) is 17.9 Å². The molecule has 1 aromatic carbocycles. The van der Waals surface area contributed by atoms with E-state index in [0.29, 0.717) is 24.8 Å². The van der Waals surface area contributed by atoms with Crippen molar-refractivity contribution >= 4 is 11.9 Å². The van der Waals surface area contributed by atoms with Crippen molar-refractivity contribution in [2.75, 3.05) is 6.61 Å². The Morgan fingerprint density at radius 1 is 1.17 bits per heavy atom. The topological polar surface area (TPSA) is 55.4 Å². The number of carbonyl (C=O) groups excluding carboxylic acids is 2. The van der Waals surface area contributed by atoms with Crippen molar-refractivity contribution in [1.29, 1.82) is 0 Å². The second kappa shape index (κ2) is 7.11. The maximum Gasteiger partial charge on any atom is 0.306 e. The number of halogens is 1. The molecule has 2 fully saturated rings. The van der Waals surface area contributed by atoms with E-state index in [1.807, 2.05) is 0 Å². The smallest absolute Gasteiger partial charge is 0.306 e. The van der Waals surface area contributed by atoms with Gasteiger partial charge in [-0.25, -0.2) is 4.39 Å². The van der Waals surface area contributed by atoms with Crippen molar-refractivity contribution in [3.63, 3.8) is 0 Å². The van der Waals surface area contributed by atoms with Crippen molar-refractivity contribution in [2.24, 2.45) is 17.8 Å². The zero-order valence-corrected chi connectivity index (χ0v) is 13.1. The number of hydrogen-bond donors (Lipinski definition) is 1. The lowest BCUT2D eigenvalue weighted by molar-refractivity contribution is -0.149. The zero-order valence-electron chi connectivity index (χ0n) is 13.1. The lowest BCUT2D eigenvalue weighted by Crippen LogP contribution is -2.29. The van der Waals surface area contributed by atoms with Crippen molar-refractivity contribution in [2.45, 2.75) is 38.6 Å². The van der Waals surface area contributed by atoms with Crippen molar-refractivity contribution in [1.82, 2.24) is 5.32 Å². The Hall–Kier alpha value is -1.91. The van der Waals surface area contributed by atoms with Gasteiger partial charge in [-0.3, -0.25) is 9.59 Å². The van der Waals surface area contributed by atoms with Gasteiger partial charge in [-0.2, -0.15) is 0 Å². The molecule has 0 unspecified atom stereocenters. The van der Waals surface area contributed by atoms with E-state index in [1.165, 1.54) is 31.4 Å². The third-order valence-corrected chi connectivity index (χ3v) is 5.08. The molecule has 1 N–H and O–H groups in total. The van der Waals surface area contributed by atoms with E-state index in [9.17, 15) is 14.0 Å². The van der Waals surface area contributed by atoms with Crippen LogP contribution in [0.4, 0.5) is 4.39 Å². The van der Waals surface area contributed by atoms with Crippen LogP contribution in [0, 0.1) is 23.6 Å². The van der Waals surface area contributed by atoms with Gasteiger partial charge in [-0.15, -0.1) is 0 Å². The van der Waals surface area contributed by atoms with Crippen LogP contribution in [-0.2, 0) is 20.9 Å².